The monoisotopic (exact) mass is 240 g/mol. The van der Waals surface area contributed by atoms with Gasteiger partial charge in [-0.1, -0.05) is 0 Å². The zero-order valence-electron chi connectivity index (χ0n) is 7.01. The lowest BCUT2D eigenvalue weighted by Crippen LogP contribution is -2.52. The lowest BCUT2D eigenvalue weighted by Gasteiger charge is -2.31. The molecule has 15 heavy (non-hydrogen) atoms. The van der Waals surface area contributed by atoms with Gasteiger partial charge in [-0.15, -0.1) is 12.6 Å². The molecule has 0 amide bonds. The van der Waals surface area contributed by atoms with Crippen molar-refractivity contribution >= 4 is 12.6 Å². The zero-order chi connectivity index (χ0) is 11.3. The van der Waals surface area contributed by atoms with E-state index in [1.807, 2.05) is 0 Å². The minimum atomic E-state index is -4.68. The molecule has 0 fully saturated rings. The quantitative estimate of drug-likeness (QED) is 0.555. The van der Waals surface area contributed by atoms with Crippen molar-refractivity contribution in [2.45, 2.75) is 17.1 Å². The Hall–Kier alpha value is -1.11. The van der Waals surface area contributed by atoms with Crippen molar-refractivity contribution in [1.29, 1.82) is 0 Å². The second-order valence-electron chi connectivity index (χ2n) is 2.87. The van der Waals surface area contributed by atoms with E-state index in [0.717, 1.165) is 12.1 Å². The van der Waals surface area contributed by atoms with E-state index < -0.39 is 23.7 Å². The summed E-state index contributed by atoms with van der Waals surface area (Å²) in [6, 6.07) is 3.48. The molecule has 0 N–H and O–H groups in total. The SMILES string of the molecule is FC1(F)Oc2ccc(S)cc2OC1(F)F. The molecule has 0 saturated heterocycles. The summed E-state index contributed by atoms with van der Waals surface area (Å²) in [5, 5.41) is 0. The minimum absolute atomic E-state index is 0.304. The van der Waals surface area contributed by atoms with Crippen LogP contribution < -0.4 is 9.47 Å². The van der Waals surface area contributed by atoms with Crippen molar-refractivity contribution in [3.8, 4) is 11.5 Å². The number of fused-ring (bicyclic) bond motifs is 1. The zero-order valence-corrected chi connectivity index (χ0v) is 7.90. The highest BCUT2D eigenvalue weighted by Gasteiger charge is 2.65. The summed E-state index contributed by atoms with van der Waals surface area (Å²) >= 11 is 3.85. The largest absolute Gasteiger partial charge is 0.507 e. The summed E-state index contributed by atoms with van der Waals surface area (Å²) in [5.41, 5.74) is 0. The fourth-order valence-corrected chi connectivity index (χ4v) is 1.25. The van der Waals surface area contributed by atoms with Crippen LogP contribution in [0.4, 0.5) is 17.6 Å². The Balaban J connectivity index is 2.47. The summed E-state index contributed by atoms with van der Waals surface area (Å²) in [6.07, 6.45) is -9.35. The Kier molecular flexibility index (Phi) is 2.04. The van der Waals surface area contributed by atoms with Crippen molar-refractivity contribution in [2.24, 2.45) is 0 Å². The van der Waals surface area contributed by atoms with Crippen molar-refractivity contribution in [3.63, 3.8) is 0 Å². The fourth-order valence-electron chi connectivity index (χ4n) is 1.06. The number of thiol groups is 1. The predicted molar refractivity (Wildman–Crippen MR) is 44.8 cm³/mol. The Morgan fingerprint density at radius 2 is 1.47 bits per heavy atom. The average Bonchev–Trinajstić information content (AvgIpc) is 2.07. The number of alkyl halides is 4. The summed E-state index contributed by atoms with van der Waals surface area (Å²) in [5.74, 6) is -0.901. The molecule has 1 heterocycles. The maximum absolute atomic E-state index is 12.7. The van der Waals surface area contributed by atoms with Crippen LogP contribution in [0, 0.1) is 0 Å². The van der Waals surface area contributed by atoms with Crippen LogP contribution in [0.5, 0.6) is 11.5 Å². The highest BCUT2D eigenvalue weighted by atomic mass is 32.1. The molecule has 0 unspecified atom stereocenters. The Morgan fingerprint density at radius 1 is 0.933 bits per heavy atom. The maximum Gasteiger partial charge on any atom is 0.507 e. The topological polar surface area (TPSA) is 18.5 Å². The van der Waals surface area contributed by atoms with Gasteiger partial charge < -0.3 is 9.47 Å². The van der Waals surface area contributed by atoms with E-state index in [-0.39, 0.29) is 0 Å². The van der Waals surface area contributed by atoms with Crippen LogP contribution in [0.25, 0.3) is 0 Å². The van der Waals surface area contributed by atoms with Gasteiger partial charge in [-0.25, -0.2) is 0 Å². The first-order chi connectivity index (χ1) is 6.82. The van der Waals surface area contributed by atoms with E-state index in [2.05, 4.69) is 22.1 Å². The smallest absolute Gasteiger partial charge is 0.421 e. The summed E-state index contributed by atoms with van der Waals surface area (Å²) < 4.78 is 58.3. The highest BCUT2D eigenvalue weighted by molar-refractivity contribution is 7.80. The molecule has 0 saturated carbocycles. The normalized spacial score (nSPS) is 21.1. The third-order valence-corrected chi connectivity index (χ3v) is 2.02. The van der Waals surface area contributed by atoms with E-state index in [1.165, 1.54) is 6.07 Å². The van der Waals surface area contributed by atoms with E-state index >= 15 is 0 Å². The lowest BCUT2D eigenvalue weighted by molar-refractivity contribution is -0.391. The Labute approximate surface area is 87.2 Å². The van der Waals surface area contributed by atoms with Crippen LogP contribution in [0.2, 0.25) is 0 Å². The first-order valence-electron chi connectivity index (χ1n) is 3.78. The molecular weight excluding hydrogens is 236 g/mol. The van der Waals surface area contributed by atoms with Crippen molar-refractivity contribution in [3.05, 3.63) is 18.2 Å². The number of hydrogen-bond donors (Lipinski definition) is 1. The van der Waals surface area contributed by atoms with Crippen molar-refractivity contribution in [1.82, 2.24) is 0 Å². The molecule has 2 rings (SSSR count). The number of ether oxygens (including phenoxy) is 2. The van der Waals surface area contributed by atoms with Crippen LogP contribution in [-0.4, -0.2) is 12.2 Å². The van der Waals surface area contributed by atoms with E-state index in [4.69, 9.17) is 0 Å². The van der Waals surface area contributed by atoms with Gasteiger partial charge in [0.1, 0.15) is 0 Å². The molecule has 7 heteroatoms. The van der Waals surface area contributed by atoms with Gasteiger partial charge in [0.05, 0.1) is 0 Å². The number of rotatable bonds is 0. The summed E-state index contributed by atoms with van der Waals surface area (Å²) in [6.45, 7) is 0. The molecule has 0 bridgehead atoms. The van der Waals surface area contributed by atoms with Gasteiger partial charge in [0.25, 0.3) is 0 Å². The lowest BCUT2D eigenvalue weighted by atomic mass is 10.3. The Morgan fingerprint density at radius 3 is 2.07 bits per heavy atom. The van der Waals surface area contributed by atoms with Crippen LogP contribution >= 0.6 is 12.6 Å². The van der Waals surface area contributed by atoms with Gasteiger partial charge in [-0.3, -0.25) is 0 Å². The number of benzene rings is 1. The van der Waals surface area contributed by atoms with Crippen LogP contribution in [0.3, 0.4) is 0 Å². The molecule has 1 aromatic rings. The molecule has 0 radical (unpaired) electrons. The average molecular weight is 240 g/mol. The molecule has 2 nitrogen and oxygen atoms in total. The van der Waals surface area contributed by atoms with E-state index in [9.17, 15) is 17.6 Å². The van der Waals surface area contributed by atoms with Crippen molar-refractivity contribution in [2.75, 3.05) is 0 Å². The molecule has 0 spiro atoms. The van der Waals surface area contributed by atoms with E-state index in [1.54, 1.807) is 0 Å². The molecule has 0 atom stereocenters. The second kappa shape index (κ2) is 2.94. The molecule has 1 aliphatic heterocycles. The highest BCUT2D eigenvalue weighted by Crippen LogP contribution is 2.47. The fraction of sp³-hybridized carbons (Fsp3) is 0.250. The molecule has 0 aromatic heterocycles. The number of hydrogen-bond acceptors (Lipinski definition) is 3. The predicted octanol–water partition coefficient (Wildman–Crippen LogP) is 2.93. The van der Waals surface area contributed by atoms with Crippen molar-refractivity contribution < 1.29 is 27.0 Å². The maximum atomic E-state index is 12.7. The molecule has 1 aliphatic rings. The molecular formula is C8H4F4O2S. The first-order valence-corrected chi connectivity index (χ1v) is 4.23. The minimum Gasteiger partial charge on any atom is -0.421 e. The van der Waals surface area contributed by atoms with Gasteiger partial charge >= 0.3 is 12.2 Å². The van der Waals surface area contributed by atoms with Gasteiger partial charge in [0, 0.05) is 4.90 Å². The summed E-state index contributed by atoms with van der Waals surface area (Å²) in [4.78, 5) is 0.304. The van der Waals surface area contributed by atoms with Gasteiger partial charge in [0.15, 0.2) is 11.5 Å². The van der Waals surface area contributed by atoms with Crippen LogP contribution in [-0.2, 0) is 0 Å². The van der Waals surface area contributed by atoms with Gasteiger partial charge in [-0.2, -0.15) is 17.6 Å². The van der Waals surface area contributed by atoms with E-state index in [0.29, 0.717) is 4.90 Å². The standard InChI is InChI=1S/C8H4F4O2S/c9-7(10)8(11,12)14-6-3-4(15)1-2-5(6)13-7/h1-3,15H. The van der Waals surface area contributed by atoms with Crippen LogP contribution in [0.15, 0.2) is 23.1 Å². The molecule has 1 aromatic carbocycles. The third-order valence-electron chi connectivity index (χ3n) is 1.74. The van der Waals surface area contributed by atoms with Gasteiger partial charge in [0.2, 0.25) is 0 Å². The number of halogens is 4. The first kappa shape index (κ1) is 10.4. The summed E-state index contributed by atoms with van der Waals surface area (Å²) in [7, 11) is 0. The third kappa shape index (κ3) is 1.60. The van der Waals surface area contributed by atoms with Gasteiger partial charge in [-0.05, 0) is 18.2 Å². The molecule has 82 valence electrons. The second-order valence-corrected chi connectivity index (χ2v) is 3.39. The molecule has 0 aliphatic carbocycles. The Bertz CT molecular complexity index is 408. The van der Waals surface area contributed by atoms with Crippen LogP contribution in [0.1, 0.15) is 0 Å².